The van der Waals surface area contributed by atoms with Gasteiger partial charge in [-0.3, -0.25) is 9.59 Å². The smallest absolute Gasteiger partial charge is 0.407 e. The first kappa shape index (κ1) is 23.3. The number of carboxylic acid groups (broad SMARTS) is 1. The summed E-state index contributed by atoms with van der Waals surface area (Å²) in [5.41, 5.74) is 4.80. The van der Waals surface area contributed by atoms with Gasteiger partial charge < -0.3 is 20.5 Å². The lowest BCUT2D eigenvalue weighted by Gasteiger charge is -2.14. The fourth-order valence-corrected chi connectivity index (χ4v) is 4.04. The molecule has 0 saturated heterocycles. The highest BCUT2D eigenvalue weighted by molar-refractivity contribution is 5.81. The van der Waals surface area contributed by atoms with Gasteiger partial charge in [0.1, 0.15) is 13.2 Å². The fraction of sp³-hybridized carbons (Fsp3) is 0.400. The number of carboxylic acids is 1. The van der Waals surface area contributed by atoms with Crippen LogP contribution in [0.25, 0.3) is 11.1 Å². The van der Waals surface area contributed by atoms with Gasteiger partial charge in [0.15, 0.2) is 0 Å². The highest BCUT2D eigenvalue weighted by Gasteiger charge is 2.28. The number of aliphatic carboxylic acids is 1. The van der Waals surface area contributed by atoms with E-state index in [1.165, 1.54) is 22.3 Å². The first-order valence-corrected chi connectivity index (χ1v) is 11.1. The van der Waals surface area contributed by atoms with Gasteiger partial charge in [-0.05, 0) is 35.1 Å². The summed E-state index contributed by atoms with van der Waals surface area (Å²) in [6.45, 7) is 0.528. The molecule has 2 aromatic rings. The number of alkyl carbamates (subject to hydrolysis) is 1. The van der Waals surface area contributed by atoms with E-state index in [1.807, 2.05) is 24.3 Å². The topological polar surface area (TPSA) is 105 Å². The van der Waals surface area contributed by atoms with Crippen molar-refractivity contribution in [1.29, 1.82) is 0 Å². The standard InChI is InChI=1S/C25H30N2O5/c28-23(27-16-24(29)30)14-4-2-1-3-9-15-26-25(31)32-17-22-20-12-7-5-10-18(20)19-11-6-8-13-21(19)22/h5-8,10-13,22H,1-4,9,14-17H2,(H,26,31)(H,27,28)(H,29,30). The Kier molecular flexibility index (Phi) is 8.66. The maximum absolute atomic E-state index is 12.1. The molecule has 3 N–H and O–H groups in total. The van der Waals surface area contributed by atoms with Gasteiger partial charge in [0.05, 0.1) is 0 Å². The van der Waals surface area contributed by atoms with Crippen molar-refractivity contribution in [3.05, 3.63) is 59.7 Å². The number of ether oxygens (including phenoxy) is 1. The number of carbonyl (C=O) groups is 3. The van der Waals surface area contributed by atoms with Crippen molar-refractivity contribution in [3.8, 4) is 11.1 Å². The molecule has 1 aliphatic carbocycles. The molecule has 0 saturated carbocycles. The van der Waals surface area contributed by atoms with Gasteiger partial charge >= 0.3 is 12.1 Å². The largest absolute Gasteiger partial charge is 0.480 e. The van der Waals surface area contributed by atoms with Crippen LogP contribution >= 0.6 is 0 Å². The number of nitrogens with one attached hydrogen (secondary N) is 2. The van der Waals surface area contributed by atoms with Gasteiger partial charge in [-0.2, -0.15) is 0 Å². The fourth-order valence-electron chi connectivity index (χ4n) is 4.04. The third-order valence-corrected chi connectivity index (χ3v) is 5.63. The molecule has 0 fully saturated rings. The summed E-state index contributed by atoms with van der Waals surface area (Å²) in [7, 11) is 0. The SMILES string of the molecule is O=C(O)CNC(=O)CCCCCCCNC(=O)OCC1c2ccccc2-c2ccccc21. The zero-order chi connectivity index (χ0) is 22.8. The van der Waals surface area contributed by atoms with Gasteiger partial charge in [-0.15, -0.1) is 0 Å². The van der Waals surface area contributed by atoms with Gasteiger partial charge in [-0.25, -0.2) is 4.79 Å². The van der Waals surface area contributed by atoms with Gasteiger partial charge in [0.25, 0.3) is 0 Å². The predicted octanol–water partition coefficient (Wildman–Crippen LogP) is 4.07. The third kappa shape index (κ3) is 6.57. The van der Waals surface area contributed by atoms with E-state index < -0.39 is 12.1 Å². The lowest BCUT2D eigenvalue weighted by Crippen LogP contribution is -2.28. The van der Waals surface area contributed by atoms with Crippen LogP contribution in [0.3, 0.4) is 0 Å². The molecule has 0 unspecified atom stereocenters. The molecule has 7 heteroatoms. The molecule has 32 heavy (non-hydrogen) atoms. The second-order valence-electron chi connectivity index (χ2n) is 7.94. The molecule has 0 heterocycles. The number of unbranched alkanes of at least 4 members (excludes halogenated alkanes) is 4. The Morgan fingerprint density at radius 1 is 0.812 bits per heavy atom. The molecule has 2 aromatic carbocycles. The predicted molar refractivity (Wildman–Crippen MR) is 121 cm³/mol. The number of carbonyl (C=O) groups excluding carboxylic acids is 2. The van der Waals surface area contributed by atoms with Crippen LogP contribution in [0.1, 0.15) is 55.6 Å². The van der Waals surface area contributed by atoms with E-state index >= 15 is 0 Å². The van der Waals surface area contributed by atoms with E-state index in [0.717, 1.165) is 32.1 Å². The molecule has 0 spiro atoms. The normalized spacial score (nSPS) is 12.0. The molecule has 2 amide bonds. The van der Waals surface area contributed by atoms with E-state index in [2.05, 4.69) is 34.9 Å². The lowest BCUT2D eigenvalue weighted by atomic mass is 9.98. The third-order valence-electron chi connectivity index (χ3n) is 5.63. The number of fused-ring (bicyclic) bond motifs is 3. The molecule has 0 atom stereocenters. The highest BCUT2D eigenvalue weighted by atomic mass is 16.5. The van der Waals surface area contributed by atoms with Crippen molar-refractivity contribution in [1.82, 2.24) is 10.6 Å². The van der Waals surface area contributed by atoms with Crippen molar-refractivity contribution in [2.75, 3.05) is 19.7 Å². The zero-order valence-electron chi connectivity index (χ0n) is 18.1. The van der Waals surface area contributed by atoms with Crippen LogP contribution in [0, 0.1) is 0 Å². The second-order valence-corrected chi connectivity index (χ2v) is 7.94. The molecule has 1 aliphatic rings. The van der Waals surface area contributed by atoms with E-state index in [0.29, 0.717) is 19.6 Å². The molecule has 0 bridgehead atoms. The Morgan fingerprint density at radius 2 is 1.41 bits per heavy atom. The molecule has 0 radical (unpaired) electrons. The minimum Gasteiger partial charge on any atom is -0.480 e. The Morgan fingerprint density at radius 3 is 2.06 bits per heavy atom. The van der Waals surface area contributed by atoms with E-state index in [1.54, 1.807) is 0 Å². The highest BCUT2D eigenvalue weighted by Crippen LogP contribution is 2.44. The van der Waals surface area contributed by atoms with Gasteiger partial charge in [0, 0.05) is 18.9 Å². The van der Waals surface area contributed by atoms with Crippen molar-refractivity contribution < 1.29 is 24.2 Å². The number of hydrogen-bond donors (Lipinski definition) is 3. The van der Waals surface area contributed by atoms with E-state index in [9.17, 15) is 14.4 Å². The number of amides is 2. The minimum absolute atomic E-state index is 0.0563. The Bertz CT molecular complexity index is 898. The Balaban J connectivity index is 1.28. The first-order chi connectivity index (χ1) is 15.6. The van der Waals surface area contributed by atoms with Crippen LogP contribution in [0.2, 0.25) is 0 Å². The summed E-state index contributed by atoms with van der Waals surface area (Å²) < 4.78 is 5.51. The summed E-state index contributed by atoms with van der Waals surface area (Å²) >= 11 is 0. The van der Waals surface area contributed by atoms with Crippen molar-refractivity contribution in [2.45, 2.75) is 44.4 Å². The molecule has 7 nitrogen and oxygen atoms in total. The Hall–Kier alpha value is -3.35. The van der Waals surface area contributed by atoms with Gasteiger partial charge in [0.2, 0.25) is 5.91 Å². The number of hydrogen-bond acceptors (Lipinski definition) is 4. The minimum atomic E-state index is -1.04. The maximum atomic E-state index is 12.1. The quantitative estimate of drug-likeness (QED) is 0.433. The average molecular weight is 439 g/mol. The molecular formula is C25H30N2O5. The van der Waals surface area contributed by atoms with Crippen LogP contribution in [-0.4, -0.2) is 42.8 Å². The monoisotopic (exact) mass is 438 g/mol. The zero-order valence-corrected chi connectivity index (χ0v) is 18.1. The van der Waals surface area contributed by atoms with Crippen molar-refractivity contribution in [3.63, 3.8) is 0 Å². The maximum Gasteiger partial charge on any atom is 0.407 e. The summed E-state index contributed by atoms with van der Waals surface area (Å²) in [4.78, 5) is 33.9. The first-order valence-electron chi connectivity index (χ1n) is 11.1. The van der Waals surface area contributed by atoms with E-state index in [4.69, 9.17) is 9.84 Å². The number of rotatable bonds is 12. The average Bonchev–Trinajstić information content (AvgIpc) is 3.12. The molecule has 3 rings (SSSR count). The summed E-state index contributed by atoms with van der Waals surface area (Å²) in [5.74, 6) is -1.22. The molecule has 0 aromatic heterocycles. The van der Waals surface area contributed by atoms with Crippen LogP contribution in [0.15, 0.2) is 48.5 Å². The molecule has 0 aliphatic heterocycles. The van der Waals surface area contributed by atoms with Gasteiger partial charge in [-0.1, -0.05) is 67.8 Å². The van der Waals surface area contributed by atoms with Crippen LogP contribution in [0.4, 0.5) is 4.79 Å². The Labute approximate surface area is 188 Å². The summed E-state index contributed by atoms with van der Waals surface area (Å²) in [6, 6.07) is 16.5. The van der Waals surface area contributed by atoms with Crippen LogP contribution in [0.5, 0.6) is 0 Å². The lowest BCUT2D eigenvalue weighted by molar-refractivity contribution is -0.137. The van der Waals surface area contributed by atoms with Crippen molar-refractivity contribution >= 4 is 18.0 Å². The second kappa shape index (κ2) is 11.9. The molecular weight excluding hydrogens is 408 g/mol. The van der Waals surface area contributed by atoms with Crippen LogP contribution in [-0.2, 0) is 14.3 Å². The number of benzene rings is 2. The summed E-state index contributed by atoms with van der Waals surface area (Å²) in [6.07, 6.45) is 4.30. The van der Waals surface area contributed by atoms with Crippen LogP contribution < -0.4 is 10.6 Å². The van der Waals surface area contributed by atoms with E-state index in [-0.39, 0.29) is 18.4 Å². The van der Waals surface area contributed by atoms with Crippen molar-refractivity contribution in [2.24, 2.45) is 0 Å². The summed E-state index contributed by atoms with van der Waals surface area (Å²) in [5, 5.41) is 13.7. The molecule has 170 valence electrons.